The number of carboxylic acid groups (broad SMARTS) is 2. The Balaban J connectivity index is 3.79. The molecule has 0 aliphatic heterocycles. The lowest BCUT2D eigenvalue weighted by Crippen LogP contribution is -2.39. The second-order valence-corrected chi connectivity index (χ2v) is 3.03. The van der Waals surface area contributed by atoms with Crippen molar-refractivity contribution in [2.24, 2.45) is 5.73 Å². The molecule has 0 saturated carbocycles. The molecule has 0 amide bonds. The van der Waals surface area contributed by atoms with E-state index in [0.29, 0.717) is 0 Å². The minimum atomic E-state index is -1.17. The number of hydrogen-bond acceptors (Lipinski definition) is 4. The number of thiol groups is 1. The zero-order chi connectivity index (χ0) is 9.72. The van der Waals surface area contributed by atoms with E-state index in [1.165, 1.54) is 0 Å². The molecule has 0 fully saturated rings. The van der Waals surface area contributed by atoms with E-state index < -0.39 is 23.2 Å². The van der Waals surface area contributed by atoms with Crippen molar-refractivity contribution in [3.63, 3.8) is 0 Å². The lowest BCUT2D eigenvalue weighted by atomic mass is 10.1. The smallest absolute Gasteiger partial charge is 0.321 e. The van der Waals surface area contributed by atoms with Crippen molar-refractivity contribution in [3.05, 3.63) is 0 Å². The van der Waals surface area contributed by atoms with Crippen LogP contribution in [0.15, 0.2) is 0 Å². The molecule has 0 saturated heterocycles. The highest BCUT2D eigenvalue weighted by molar-refractivity contribution is 7.81. The Morgan fingerprint density at radius 3 is 2.25 bits per heavy atom. The first-order valence-corrected chi connectivity index (χ1v) is 3.85. The maximum absolute atomic E-state index is 10.3. The summed E-state index contributed by atoms with van der Waals surface area (Å²) in [5, 5.41) is 16.0. The lowest BCUT2D eigenvalue weighted by Gasteiger charge is -2.13. The Morgan fingerprint density at radius 1 is 1.42 bits per heavy atom. The van der Waals surface area contributed by atoms with Crippen molar-refractivity contribution in [3.8, 4) is 0 Å². The molecule has 5 nitrogen and oxygen atoms in total. The van der Waals surface area contributed by atoms with Gasteiger partial charge in [0.05, 0.1) is 0 Å². The number of carbonyl (C=O) groups is 2. The minimum Gasteiger partial charge on any atom is -0.481 e. The van der Waals surface area contributed by atoms with Gasteiger partial charge in [-0.1, -0.05) is 0 Å². The Labute approximate surface area is 75.0 Å². The average Bonchev–Trinajstić information content (AvgIpc) is 1.98. The molecule has 0 heterocycles. The summed E-state index contributed by atoms with van der Waals surface area (Å²) >= 11 is 3.87. The average molecular weight is 193 g/mol. The van der Waals surface area contributed by atoms with Gasteiger partial charge >= 0.3 is 11.9 Å². The van der Waals surface area contributed by atoms with E-state index in [2.05, 4.69) is 12.6 Å². The molecule has 70 valence electrons. The number of hydrogen-bond donors (Lipinski definition) is 4. The SMILES string of the molecule is NC(C(=O)O)C(S)CCC(=O)O. The van der Waals surface area contributed by atoms with Crippen molar-refractivity contribution >= 4 is 24.6 Å². The van der Waals surface area contributed by atoms with Gasteiger partial charge in [0.25, 0.3) is 0 Å². The second kappa shape index (κ2) is 5.00. The van der Waals surface area contributed by atoms with Crippen molar-refractivity contribution in [2.75, 3.05) is 0 Å². The maximum atomic E-state index is 10.3. The van der Waals surface area contributed by atoms with Crippen molar-refractivity contribution in [2.45, 2.75) is 24.1 Å². The van der Waals surface area contributed by atoms with E-state index in [1.807, 2.05) is 0 Å². The standard InChI is InChI=1S/C6H11NO4S/c7-5(6(10)11)3(12)1-2-4(8)9/h3,5,12H,1-2,7H2,(H,8,9)(H,10,11). The summed E-state index contributed by atoms with van der Waals surface area (Å²) in [6, 6.07) is -1.10. The van der Waals surface area contributed by atoms with E-state index in [4.69, 9.17) is 15.9 Å². The first-order valence-electron chi connectivity index (χ1n) is 3.33. The van der Waals surface area contributed by atoms with Gasteiger partial charge in [0.15, 0.2) is 0 Å². The Morgan fingerprint density at radius 2 is 1.92 bits per heavy atom. The first-order chi connectivity index (χ1) is 5.45. The third-order valence-corrected chi connectivity index (χ3v) is 1.93. The van der Waals surface area contributed by atoms with Crippen LogP contribution in [0.1, 0.15) is 12.8 Å². The van der Waals surface area contributed by atoms with Crippen LogP contribution < -0.4 is 5.73 Å². The summed E-state index contributed by atoms with van der Waals surface area (Å²) in [6.45, 7) is 0. The van der Waals surface area contributed by atoms with Crippen LogP contribution in [-0.4, -0.2) is 33.4 Å². The Hall–Kier alpha value is -0.750. The highest BCUT2D eigenvalue weighted by Gasteiger charge is 2.21. The molecule has 2 atom stereocenters. The minimum absolute atomic E-state index is 0.116. The maximum Gasteiger partial charge on any atom is 0.321 e. The summed E-state index contributed by atoms with van der Waals surface area (Å²) in [4.78, 5) is 20.3. The van der Waals surface area contributed by atoms with Gasteiger partial charge in [-0.05, 0) is 6.42 Å². The lowest BCUT2D eigenvalue weighted by molar-refractivity contribution is -0.140. The zero-order valence-corrected chi connectivity index (χ0v) is 7.20. The van der Waals surface area contributed by atoms with Gasteiger partial charge in [0.1, 0.15) is 6.04 Å². The molecule has 0 rings (SSSR count). The number of nitrogens with two attached hydrogens (primary N) is 1. The topological polar surface area (TPSA) is 101 Å². The summed E-state index contributed by atoms with van der Waals surface area (Å²) in [7, 11) is 0. The predicted molar refractivity (Wildman–Crippen MR) is 45.3 cm³/mol. The van der Waals surface area contributed by atoms with Gasteiger partial charge < -0.3 is 15.9 Å². The third kappa shape index (κ3) is 4.20. The quantitative estimate of drug-likeness (QED) is 0.443. The van der Waals surface area contributed by atoms with Crippen LogP contribution in [-0.2, 0) is 9.59 Å². The molecule has 0 aromatic rings. The fraction of sp³-hybridized carbons (Fsp3) is 0.667. The summed E-state index contributed by atoms with van der Waals surface area (Å²) < 4.78 is 0. The monoisotopic (exact) mass is 193 g/mol. The largest absolute Gasteiger partial charge is 0.481 e. The van der Waals surface area contributed by atoms with E-state index in [1.54, 1.807) is 0 Å². The van der Waals surface area contributed by atoms with Crippen molar-refractivity contribution in [1.29, 1.82) is 0 Å². The summed E-state index contributed by atoms with van der Waals surface area (Å²) in [6.07, 6.45) is 0.0427. The number of aliphatic carboxylic acids is 2. The van der Waals surface area contributed by atoms with Gasteiger partial charge in [-0.3, -0.25) is 9.59 Å². The van der Waals surface area contributed by atoms with Gasteiger partial charge in [-0.2, -0.15) is 12.6 Å². The van der Waals surface area contributed by atoms with Crippen LogP contribution in [0.3, 0.4) is 0 Å². The van der Waals surface area contributed by atoms with Crippen LogP contribution in [0.25, 0.3) is 0 Å². The highest BCUT2D eigenvalue weighted by Crippen LogP contribution is 2.08. The molecule has 6 heteroatoms. The van der Waals surface area contributed by atoms with Crippen LogP contribution in [0.4, 0.5) is 0 Å². The van der Waals surface area contributed by atoms with Crippen molar-refractivity contribution < 1.29 is 19.8 Å². The fourth-order valence-corrected chi connectivity index (χ4v) is 0.872. The van der Waals surface area contributed by atoms with E-state index >= 15 is 0 Å². The summed E-state index contributed by atoms with van der Waals surface area (Å²) in [5.41, 5.74) is 5.18. The molecule has 0 radical (unpaired) electrons. The van der Waals surface area contributed by atoms with E-state index in [9.17, 15) is 9.59 Å². The normalized spacial score (nSPS) is 15.2. The molecule has 0 aliphatic carbocycles. The molecule has 0 bridgehead atoms. The van der Waals surface area contributed by atoms with Gasteiger partial charge in [-0.25, -0.2) is 0 Å². The molecular formula is C6H11NO4S. The Bertz CT molecular complexity index is 184. The van der Waals surface area contributed by atoms with Crippen molar-refractivity contribution in [1.82, 2.24) is 0 Å². The van der Waals surface area contributed by atoms with Crippen LogP contribution >= 0.6 is 12.6 Å². The molecule has 0 aromatic heterocycles. The third-order valence-electron chi connectivity index (χ3n) is 1.35. The molecule has 4 N–H and O–H groups in total. The Kier molecular flexibility index (Phi) is 4.68. The highest BCUT2D eigenvalue weighted by atomic mass is 32.1. The number of carboxylic acids is 2. The van der Waals surface area contributed by atoms with E-state index in [0.717, 1.165) is 0 Å². The zero-order valence-electron chi connectivity index (χ0n) is 6.30. The fourth-order valence-electron chi connectivity index (χ4n) is 0.615. The number of rotatable bonds is 5. The predicted octanol–water partition coefficient (Wildman–Crippen LogP) is -0.439. The second-order valence-electron chi connectivity index (χ2n) is 2.36. The summed E-state index contributed by atoms with van der Waals surface area (Å²) in [5.74, 6) is -2.15. The molecule has 0 aromatic carbocycles. The van der Waals surface area contributed by atoms with E-state index in [-0.39, 0.29) is 12.8 Å². The van der Waals surface area contributed by atoms with Gasteiger partial charge in [0.2, 0.25) is 0 Å². The molecule has 0 spiro atoms. The molecule has 2 unspecified atom stereocenters. The molecule has 12 heavy (non-hydrogen) atoms. The van der Waals surface area contributed by atoms with Gasteiger partial charge in [0, 0.05) is 11.7 Å². The molecular weight excluding hydrogens is 182 g/mol. The van der Waals surface area contributed by atoms with Crippen LogP contribution in [0, 0.1) is 0 Å². The molecule has 0 aliphatic rings. The van der Waals surface area contributed by atoms with Crippen LogP contribution in [0.2, 0.25) is 0 Å². The first kappa shape index (κ1) is 11.2. The van der Waals surface area contributed by atoms with Gasteiger partial charge in [-0.15, -0.1) is 0 Å². The van der Waals surface area contributed by atoms with Crippen LogP contribution in [0.5, 0.6) is 0 Å².